The average molecular weight is 370 g/mol. The number of nitrogens with zero attached hydrogens (tertiary/aromatic N) is 3. The topological polar surface area (TPSA) is 58.9 Å². The number of nitrogens with one attached hydrogen (secondary N) is 1. The van der Waals surface area contributed by atoms with Crippen molar-refractivity contribution < 1.29 is 4.74 Å². The molecule has 0 bridgehead atoms. The highest BCUT2D eigenvalue weighted by atomic mass is 16.5. The first-order valence-corrected chi connectivity index (χ1v) is 9.36. The Kier molecular flexibility index (Phi) is 5.15. The van der Waals surface area contributed by atoms with Crippen LogP contribution in [0.3, 0.4) is 0 Å². The van der Waals surface area contributed by atoms with Crippen LogP contribution in [0, 0.1) is 5.92 Å². The zero-order chi connectivity index (χ0) is 19.3. The van der Waals surface area contributed by atoms with E-state index in [1.807, 2.05) is 60.7 Å². The zero-order valence-corrected chi connectivity index (χ0v) is 16.0. The third-order valence-corrected chi connectivity index (χ3v) is 4.31. The van der Waals surface area contributed by atoms with Gasteiger partial charge in [0.15, 0.2) is 5.84 Å². The molecule has 140 valence electrons. The highest BCUT2D eigenvalue weighted by molar-refractivity contribution is 6.17. The van der Waals surface area contributed by atoms with Crippen LogP contribution in [0.1, 0.15) is 30.5 Å². The Morgan fingerprint density at radius 1 is 0.929 bits per heavy atom. The quantitative estimate of drug-likeness (QED) is 0.717. The lowest BCUT2D eigenvalue weighted by atomic mass is 10.0. The average Bonchev–Trinajstić information content (AvgIpc) is 2.93. The number of aromatic nitrogens is 1. The third-order valence-electron chi connectivity index (χ3n) is 4.31. The number of benzene rings is 2. The molecule has 1 aliphatic rings. The summed E-state index contributed by atoms with van der Waals surface area (Å²) in [6.07, 6.45) is 3.52. The van der Waals surface area contributed by atoms with Gasteiger partial charge >= 0.3 is 0 Å². The molecule has 0 saturated heterocycles. The summed E-state index contributed by atoms with van der Waals surface area (Å²) in [5, 5.41) is 4.66. The monoisotopic (exact) mass is 370 g/mol. The van der Waals surface area contributed by atoms with Crippen molar-refractivity contribution in [2.75, 3.05) is 6.61 Å². The number of rotatable bonds is 5. The molecule has 3 aromatic rings. The van der Waals surface area contributed by atoms with Crippen LogP contribution >= 0.6 is 0 Å². The van der Waals surface area contributed by atoms with Crippen molar-refractivity contribution in [2.45, 2.75) is 13.8 Å². The Labute approximate surface area is 164 Å². The zero-order valence-electron chi connectivity index (χ0n) is 16.0. The van der Waals surface area contributed by atoms with Crippen molar-refractivity contribution in [2.24, 2.45) is 16.0 Å². The fourth-order valence-corrected chi connectivity index (χ4v) is 2.91. The first-order valence-electron chi connectivity index (χ1n) is 9.36. The van der Waals surface area contributed by atoms with E-state index >= 15 is 0 Å². The minimum absolute atomic E-state index is 0.491. The van der Waals surface area contributed by atoms with Gasteiger partial charge in [-0.2, -0.15) is 5.10 Å². The van der Waals surface area contributed by atoms with Crippen molar-refractivity contribution in [3.8, 4) is 5.75 Å². The number of fused-ring (bicyclic) bond motifs is 1. The predicted octanol–water partition coefficient (Wildman–Crippen LogP) is 4.55. The van der Waals surface area contributed by atoms with Gasteiger partial charge in [-0.3, -0.25) is 10.4 Å². The van der Waals surface area contributed by atoms with E-state index in [0.29, 0.717) is 18.4 Å². The number of hydrogen-bond acceptors (Lipinski definition) is 5. The van der Waals surface area contributed by atoms with E-state index in [-0.39, 0.29) is 0 Å². The highest BCUT2D eigenvalue weighted by Crippen LogP contribution is 2.26. The molecule has 5 heteroatoms. The molecule has 0 saturated carbocycles. The first-order chi connectivity index (χ1) is 13.7. The molecular weight excluding hydrogens is 348 g/mol. The Morgan fingerprint density at radius 2 is 1.75 bits per heavy atom. The summed E-state index contributed by atoms with van der Waals surface area (Å²) in [5.41, 5.74) is 7.69. The van der Waals surface area contributed by atoms with Gasteiger partial charge in [0.25, 0.3) is 0 Å². The largest absolute Gasteiger partial charge is 0.493 e. The van der Waals surface area contributed by atoms with E-state index in [1.165, 1.54) is 0 Å². The van der Waals surface area contributed by atoms with Crippen LogP contribution in [0.15, 0.2) is 83.2 Å². The molecule has 0 spiro atoms. The summed E-state index contributed by atoms with van der Waals surface area (Å²) >= 11 is 0. The SMILES string of the molecule is CC(C)COc1ccc(C2=NNC(c3cccnc3)=Nc3ccccc32)cc1. The number of amidine groups is 1. The highest BCUT2D eigenvalue weighted by Gasteiger charge is 2.17. The molecular formula is C23H22N4O. The van der Waals surface area contributed by atoms with E-state index in [1.54, 1.807) is 12.4 Å². The molecule has 0 amide bonds. The second-order valence-corrected chi connectivity index (χ2v) is 7.02. The Morgan fingerprint density at radius 3 is 2.50 bits per heavy atom. The Bertz CT molecular complexity index is 1010. The van der Waals surface area contributed by atoms with Crippen LogP contribution in [0.5, 0.6) is 5.75 Å². The van der Waals surface area contributed by atoms with E-state index in [4.69, 9.17) is 9.73 Å². The summed E-state index contributed by atoms with van der Waals surface area (Å²) in [5.74, 6) is 2.03. The maximum Gasteiger partial charge on any atom is 0.155 e. The van der Waals surface area contributed by atoms with E-state index in [0.717, 1.165) is 33.8 Å². The molecule has 2 heterocycles. The van der Waals surface area contributed by atoms with E-state index in [9.17, 15) is 0 Å². The van der Waals surface area contributed by atoms with Crippen molar-refractivity contribution >= 4 is 17.2 Å². The van der Waals surface area contributed by atoms with E-state index in [2.05, 4.69) is 29.4 Å². The second-order valence-electron chi connectivity index (χ2n) is 7.02. The summed E-state index contributed by atoms with van der Waals surface area (Å²) < 4.78 is 5.79. The van der Waals surface area contributed by atoms with Crippen molar-refractivity contribution in [1.82, 2.24) is 10.4 Å². The second kappa shape index (κ2) is 8.05. The molecule has 0 atom stereocenters. The molecule has 28 heavy (non-hydrogen) atoms. The molecule has 5 nitrogen and oxygen atoms in total. The number of pyridine rings is 1. The summed E-state index contributed by atoms with van der Waals surface area (Å²) in [6, 6.07) is 19.9. The first kappa shape index (κ1) is 17.9. The predicted molar refractivity (Wildman–Crippen MR) is 112 cm³/mol. The summed E-state index contributed by atoms with van der Waals surface area (Å²) in [4.78, 5) is 8.96. The molecule has 1 N–H and O–H groups in total. The molecule has 4 rings (SSSR count). The minimum atomic E-state index is 0.491. The normalized spacial score (nSPS) is 13.1. The maximum absolute atomic E-state index is 5.79. The Hall–Kier alpha value is -3.47. The number of aliphatic imine (C=N–C) groups is 1. The fraction of sp³-hybridized carbons (Fsp3) is 0.174. The van der Waals surface area contributed by atoms with Crippen LogP contribution < -0.4 is 10.2 Å². The molecule has 1 aromatic heterocycles. The van der Waals surface area contributed by atoms with Gasteiger partial charge < -0.3 is 4.74 Å². The number of hydrogen-bond donors (Lipinski definition) is 1. The van der Waals surface area contributed by atoms with Crippen molar-refractivity contribution in [3.63, 3.8) is 0 Å². The van der Waals surface area contributed by atoms with Crippen LogP contribution in [0.25, 0.3) is 0 Å². The van der Waals surface area contributed by atoms with Gasteiger partial charge in [0.1, 0.15) is 5.75 Å². The lowest BCUT2D eigenvalue weighted by molar-refractivity contribution is 0.271. The molecule has 2 aromatic carbocycles. The van der Waals surface area contributed by atoms with Crippen molar-refractivity contribution in [1.29, 1.82) is 0 Å². The van der Waals surface area contributed by atoms with E-state index < -0.39 is 0 Å². The maximum atomic E-state index is 5.79. The number of para-hydroxylation sites is 1. The smallest absolute Gasteiger partial charge is 0.155 e. The molecule has 1 aliphatic heterocycles. The Balaban J connectivity index is 1.68. The molecule has 0 radical (unpaired) electrons. The van der Waals surface area contributed by atoms with Crippen LogP contribution in [0.2, 0.25) is 0 Å². The van der Waals surface area contributed by atoms with Gasteiger partial charge in [-0.25, -0.2) is 4.99 Å². The third kappa shape index (κ3) is 3.93. The van der Waals surface area contributed by atoms with Crippen LogP contribution in [-0.2, 0) is 0 Å². The van der Waals surface area contributed by atoms with Gasteiger partial charge in [-0.1, -0.05) is 32.0 Å². The minimum Gasteiger partial charge on any atom is -0.493 e. The van der Waals surface area contributed by atoms with Gasteiger partial charge in [0.05, 0.1) is 18.0 Å². The summed E-state index contributed by atoms with van der Waals surface area (Å²) in [6.45, 7) is 4.97. The fourth-order valence-electron chi connectivity index (χ4n) is 2.91. The van der Waals surface area contributed by atoms with Gasteiger partial charge in [0, 0.05) is 29.1 Å². The lowest BCUT2D eigenvalue weighted by Crippen LogP contribution is -2.19. The molecule has 0 aliphatic carbocycles. The lowest BCUT2D eigenvalue weighted by Gasteiger charge is -2.11. The van der Waals surface area contributed by atoms with Crippen LogP contribution in [-0.4, -0.2) is 23.1 Å². The van der Waals surface area contributed by atoms with Crippen molar-refractivity contribution in [3.05, 3.63) is 89.7 Å². The number of ether oxygens (including phenoxy) is 1. The van der Waals surface area contributed by atoms with Gasteiger partial charge in [-0.05, 0) is 48.4 Å². The molecule has 0 unspecified atom stereocenters. The van der Waals surface area contributed by atoms with Gasteiger partial charge in [0.2, 0.25) is 0 Å². The molecule has 0 fully saturated rings. The summed E-state index contributed by atoms with van der Waals surface area (Å²) in [7, 11) is 0. The van der Waals surface area contributed by atoms with Gasteiger partial charge in [-0.15, -0.1) is 0 Å². The van der Waals surface area contributed by atoms with Crippen LogP contribution in [0.4, 0.5) is 5.69 Å². The number of hydrazone groups is 1. The standard InChI is InChI=1S/C23H22N4O/c1-16(2)15-28-19-11-9-17(10-12-19)22-20-7-3-4-8-21(20)25-23(27-26-22)18-6-5-13-24-14-18/h3-14,16H,15H2,1-2H3,(H,25,27).